The van der Waals surface area contributed by atoms with Crippen molar-refractivity contribution in [2.75, 3.05) is 16.8 Å². The first-order chi connectivity index (χ1) is 21.8. The second-order valence-corrected chi connectivity index (χ2v) is 13.1. The zero-order chi connectivity index (χ0) is 33.2. The number of hydrogen-bond acceptors (Lipinski definition) is 13. The predicted molar refractivity (Wildman–Crippen MR) is 172 cm³/mol. The van der Waals surface area contributed by atoms with Gasteiger partial charge in [0, 0.05) is 23.0 Å². The van der Waals surface area contributed by atoms with Gasteiger partial charge in [0.2, 0.25) is 17.2 Å². The Morgan fingerprint density at radius 2 is 1.65 bits per heavy atom. The van der Waals surface area contributed by atoms with E-state index in [1.807, 2.05) is 0 Å². The molecule has 17 heteroatoms. The molecule has 0 bridgehead atoms. The Labute approximate surface area is 268 Å². The van der Waals surface area contributed by atoms with Crippen molar-refractivity contribution in [1.29, 1.82) is 0 Å². The highest BCUT2D eigenvalue weighted by molar-refractivity contribution is 7.94. The molecule has 14 nitrogen and oxygen atoms in total. The Hall–Kier alpha value is -5.16. The first-order valence-corrected chi connectivity index (χ1v) is 16.6. The van der Waals surface area contributed by atoms with Crippen molar-refractivity contribution in [3.05, 3.63) is 90.1 Å². The van der Waals surface area contributed by atoms with Gasteiger partial charge in [0.25, 0.3) is 10.1 Å². The van der Waals surface area contributed by atoms with Crippen molar-refractivity contribution in [2.24, 2.45) is 10.2 Å². The number of nitrogens with zero attached hydrogens (tertiary/aromatic N) is 6. The van der Waals surface area contributed by atoms with Crippen LogP contribution >= 0.6 is 11.6 Å². The second-order valence-electron chi connectivity index (χ2n) is 9.47. The molecule has 0 saturated heterocycles. The molecular formula is C29H24ClN7O7S2. The van der Waals surface area contributed by atoms with Crippen molar-refractivity contribution >= 4 is 77.0 Å². The van der Waals surface area contributed by atoms with Gasteiger partial charge in [0.05, 0.1) is 15.5 Å². The molecule has 4 N–H and O–H groups in total. The summed E-state index contributed by atoms with van der Waals surface area (Å²) < 4.78 is 58.8. The smallest absolute Gasteiger partial charge is 0.294 e. The summed E-state index contributed by atoms with van der Waals surface area (Å²) in [5.74, 6) is -0.728. The van der Waals surface area contributed by atoms with Gasteiger partial charge in [-0.1, -0.05) is 30.8 Å². The van der Waals surface area contributed by atoms with Gasteiger partial charge in [0.1, 0.15) is 17.1 Å². The SMILES string of the molecule is C=CS(=O)(=O)c1cccc(N(CC)c2nc(Cl)nc(Nc3cc(S(=O)(=O)O)cc4ccc(N=Nc5ccccc5O)c(O)c34)n2)c1. The number of para-hydroxylation sites is 1. The van der Waals surface area contributed by atoms with Crippen molar-refractivity contribution in [3.8, 4) is 11.5 Å². The molecular weight excluding hydrogens is 658 g/mol. The van der Waals surface area contributed by atoms with Gasteiger partial charge in [-0.2, -0.15) is 23.4 Å². The van der Waals surface area contributed by atoms with E-state index in [1.54, 1.807) is 36.1 Å². The van der Waals surface area contributed by atoms with E-state index in [0.29, 0.717) is 5.69 Å². The number of phenolic OH excluding ortho intramolecular Hbond substituents is 2. The van der Waals surface area contributed by atoms with Gasteiger partial charge in [-0.05, 0) is 72.4 Å². The third kappa shape index (κ3) is 6.74. The van der Waals surface area contributed by atoms with Crippen LogP contribution in [0, 0.1) is 0 Å². The number of aromatic hydroxyl groups is 2. The van der Waals surface area contributed by atoms with Gasteiger partial charge >= 0.3 is 0 Å². The van der Waals surface area contributed by atoms with Crippen molar-refractivity contribution in [1.82, 2.24) is 15.0 Å². The van der Waals surface area contributed by atoms with E-state index in [9.17, 15) is 31.6 Å². The number of sulfone groups is 1. The number of halogens is 1. The standard InChI is InChI=1S/C29H24ClN7O7S2/c1-3-37(18-8-7-9-19(15-18)45(40,41)4-2)29-33-27(30)32-28(34-29)31-23-16-20(46(42,43)44)14-17-12-13-22(26(39)25(17)23)36-35-21-10-5-6-11-24(21)38/h4-16,38-39H,2-3H2,1H3,(H,42,43,44)(H,31,32,33,34). The number of phenols is 2. The number of benzene rings is 4. The van der Waals surface area contributed by atoms with Gasteiger partial charge in [-0.3, -0.25) is 4.55 Å². The van der Waals surface area contributed by atoms with Crippen LogP contribution in [0.15, 0.2) is 105 Å². The first kappa shape index (κ1) is 32.2. The molecule has 0 unspecified atom stereocenters. The monoisotopic (exact) mass is 681 g/mol. The highest BCUT2D eigenvalue weighted by Crippen LogP contribution is 2.42. The highest BCUT2D eigenvalue weighted by atomic mass is 35.5. The zero-order valence-electron chi connectivity index (χ0n) is 23.8. The molecule has 1 heterocycles. The zero-order valence-corrected chi connectivity index (χ0v) is 26.2. The van der Waals surface area contributed by atoms with E-state index in [4.69, 9.17) is 11.6 Å². The lowest BCUT2D eigenvalue weighted by Gasteiger charge is -2.22. The van der Waals surface area contributed by atoms with Crippen molar-refractivity contribution in [3.63, 3.8) is 0 Å². The normalized spacial score (nSPS) is 12.0. The summed E-state index contributed by atoms with van der Waals surface area (Å²) >= 11 is 6.25. The third-order valence-corrected chi connectivity index (χ3v) is 8.92. The lowest BCUT2D eigenvalue weighted by Crippen LogP contribution is -2.20. The summed E-state index contributed by atoms with van der Waals surface area (Å²) in [7, 11) is -8.45. The van der Waals surface area contributed by atoms with E-state index in [0.717, 1.165) is 17.5 Å². The van der Waals surface area contributed by atoms with Gasteiger partial charge in [-0.25, -0.2) is 8.42 Å². The van der Waals surface area contributed by atoms with Gasteiger partial charge in [-0.15, -0.1) is 10.2 Å². The van der Waals surface area contributed by atoms with Crippen LogP contribution < -0.4 is 10.2 Å². The molecule has 236 valence electrons. The molecule has 0 aliphatic carbocycles. The van der Waals surface area contributed by atoms with Crippen LogP contribution in [0.1, 0.15) is 6.92 Å². The van der Waals surface area contributed by atoms with E-state index >= 15 is 0 Å². The van der Waals surface area contributed by atoms with Crippen molar-refractivity contribution < 1.29 is 31.6 Å². The third-order valence-electron chi connectivity index (χ3n) is 6.57. The molecule has 4 aromatic carbocycles. The summed E-state index contributed by atoms with van der Waals surface area (Å²) in [6.07, 6.45) is 0. The van der Waals surface area contributed by atoms with Crippen LogP contribution in [0.25, 0.3) is 10.8 Å². The number of rotatable bonds is 10. The largest absolute Gasteiger partial charge is 0.506 e. The lowest BCUT2D eigenvalue weighted by atomic mass is 10.1. The number of anilines is 4. The highest BCUT2D eigenvalue weighted by Gasteiger charge is 2.21. The summed E-state index contributed by atoms with van der Waals surface area (Å²) in [5.41, 5.74) is 0.467. The van der Waals surface area contributed by atoms with Crippen LogP contribution in [0.2, 0.25) is 5.28 Å². The predicted octanol–water partition coefficient (Wildman–Crippen LogP) is 6.57. The quantitative estimate of drug-likeness (QED) is 0.0911. The average Bonchev–Trinajstić information content (AvgIpc) is 3.01. The fraction of sp³-hybridized carbons (Fsp3) is 0.0690. The van der Waals surface area contributed by atoms with Crippen LogP contribution in [0.5, 0.6) is 11.5 Å². The van der Waals surface area contributed by atoms with E-state index in [1.165, 1.54) is 36.4 Å². The first-order valence-electron chi connectivity index (χ1n) is 13.2. The summed E-state index contributed by atoms with van der Waals surface area (Å²) in [5, 5.41) is 32.9. The summed E-state index contributed by atoms with van der Waals surface area (Å²) in [4.78, 5) is 13.7. The van der Waals surface area contributed by atoms with Crippen LogP contribution in [0.4, 0.5) is 34.6 Å². The fourth-order valence-corrected chi connectivity index (χ4v) is 5.84. The Bertz CT molecular complexity index is 2250. The minimum Gasteiger partial charge on any atom is -0.506 e. The minimum absolute atomic E-state index is 0.00338. The minimum atomic E-state index is -4.71. The molecule has 46 heavy (non-hydrogen) atoms. The maximum Gasteiger partial charge on any atom is 0.294 e. The fourth-order valence-electron chi connectivity index (χ4n) is 4.39. The number of hydrogen-bond donors (Lipinski definition) is 4. The van der Waals surface area contributed by atoms with Crippen LogP contribution in [0.3, 0.4) is 0 Å². The Balaban J connectivity index is 1.61. The Morgan fingerprint density at radius 1 is 0.913 bits per heavy atom. The average molecular weight is 682 g/mol. The van der Waals surface area contributed by atoms with Gasteiger partial charge < -0.3 is 20.4 Å². The van der Waals surface area contributed by atoms with E-state index < -0.39 is 30.6 Å². The second kappa shape index (κ2) is 12.7. The number of fused-ring (bicyclic) bond motifs is 1. The molecule has 0 saturated carbocycles. The van der Waals surface area contributed by atoms with Crippen LogP contribution in [-0.2, 0) is 20.0 Å². The number of aromatic nitrogens is 3. The molecule has 5 aromatic rings. The molecule has 0 atom stereocenters. The van der Waals surface area contributed by atoms with Crippen molar-refractivity contribution in [2.45, 2.75) is 16.7 Å². The molecule has 0 spiro atoms. The van der Waals surface area contributed by atoms with Crippen LogP contribution in [-0.4, -0.2) is 53.1 Å². The summed E-state index contributed by atoms with van der Waals surface area (Å²) in [6.45, 7) is 5.39. The maximum atomic E-state index is 12.4. The summed E-state index contributed by atoms with van der Waals surface area (Å²) in [6, 6.07) is 17.2. The number of azo groups is 1. The molecule has 0 amide bonds. The Morgan fingerprint density at radius 3 is 2.35 bits per heavy atom. The molecule has 5 rings (SSSR count). The van der Waals surface area contributed by atoms with Gasteiger partial charge in [0.15, 0.2) is 15.6 Å². The Kier molecular flexibility index (Phi) is 8.89. The molecule has 0 fully saturated rings. The topological polar surface area (TPSA) is 208 Å². The van der Waals surface area contributed by atoms with E-state index in [-0.39, 0.29) is 62.2 Å². The molecule has 0 aliphatic heterocycles. The maximum absolute atomic E-state index is 12.4. The molecule has 0 aliphatic rings. The molecule has 0 radical (unpaired) electrons. The molecule has 1 aromatic heterocycles. The number of nitrogens with one attached hydrogen (secondary N) is 1. The lowest BCUT2D eigenvalue weighted by molar-refractivity contribution is 0.475. The van der Waals surface area contributed by atoms with E-state index in [2.05, 4.69) is 37.1 Å².